The average Bonchev–Trinajstić information content (AvgIpc) is 1.83. The van der Waals surface area contributed by atoms with Crippen molar-refractivity contribution < 1.29 is 4.79 Å². The van der Waals surface area contributed by atoms with Crippen LogP contribution in [0.5, 0.6) is 0 Å². The van der Waals surface area contributed by atoms with E-state index in [0.29, 0.717) is 6.54 Å². The van der Waals surface area contributed by atoms with Crippen LogP contribution in [0.2, 0.25) is 0 Å². The Kier molecular flexibility index (Phi) is 4.26. The van der Waals surface area contributed by atoms with Crippen LogP contribution in [0.1, 0.15) is 13.8 Å². The lowest BCUT2D eigenvalue weighted by molar-refractivity contribution is -0.109. The fourth-order valence-corrected chi connectivity index (χ4v) is 0.420. The number of aldehydes is 1. The summed E-state index contributed by atoms with van der Waals surface area (Å²) in [4.78, 5) is 10.0. The molecule has 54 valence electrons. The zero-order valence-corrected chi connectivity index (χ0v) is 5.92. The molecule has 0 saturated heterocycles. The molecule has 0 aromatic rings. The number of carbonyl (C=O) groups is 1. The Labute approximate surface area is 55.6 Å². The predicted octanol–water partition coefficient (Wildman–Crippen LogP) is -0.489. The van der Waals surface area contributed by atoms with Crippen LogP contribution in [0.3, 0.4) is 0 Å². The maximum Gasteiger partial charge on any atom is 0.136 e. The van der Waals surface area contributed by atoms with E-state index in [2.05, 4.69) is 5.32 Å². The minimum absolute atomic E-state index is 0.0731. The molecule has 3 nitrogen and oxygen atoms in total. The van der Waals surface area contributed by atoms with Gasteiger partial charge in [0, 0.05) is 12.6 Å². The van der Waals surface area contributed by atoms with Gasteiger partial charge in [-0.3, -0.25) is 0 Å². The summed E-state index contributed by atoms with van der Waals surface area (Å²) in [6.45, 7) is 4.39. The zero-order valence-electron chi connectivity index (χ0n) is 5.92. The molecule has 0 aromatic carbocycles. The van der Waals surface area contributed by atoms with Crippen LogP contribution in [0.15, 0.2) is 0 Å². The van der Waals surface area contributed by atoms with Crippen LogP contribution in [0.25, 0.3) is 0 Å². The van der Waals surface area contributed by atoms with Gasteiger partial charge in [0.25, 0.3) is 0 Å². The molecule has 0 heterocycles. The van der Waals surface area contributed by atoms with E-state index in [9.17, 15) is 4.79 Å². The first kappa shape index (κ1) is 8.59. The molecule has 0 radical (unpaired) electrons. The zero-order chi connectivity index (χ0) is 7.28. The molecular formula is C6H14N2O. The predicted molar refractivity (Wildman–Crippen MR) is 37.2 cm³/mol. The number of nitrogens with one attached hydrogen (secondary N) is 1. The van der Waals surface area contributed by atoms with E-state index in [1.165, 1.54) is 0 Å². The van der Waals surface area contributed by atoms with E-state index in [4.69, 9.17) is 5.73 Å². The van der Waals surface area contributed by atoms with Crippen LogP contribution >= 0.6 is 0 Å². The second-order valence-corrected chi connectivity index (χ2v) is 2.31. The molecule has 3 N–H and O–H groups in total. The van der Waals surface area contributed by atoms with Gasteiger partial charge in [0.1, 0.15) is 6.29 Å². The largest absolute Gasteiger partial charge is 0.327 e. The molecule has 0 aliphatic carbocycles. The molecule has 0 spiro atoms. The quantitative estimate of drug-likeness (QED) is 0.505. The summed E-state index contributed by atoms with van der Waals surface area (Å²) in [6, 6.07) is 0.0448. The number of hydrogen-bond acceptors (Lipinski definition) is 3. The lowest BCUT2D eigenvalue weighted by Crippen LogP contribution is -2.37. The second-order valence-electron chi connectivity index (χ2n) is 2.31. The normalized spacial score (nSPS) is 16.8. The molecule has 0 bridgehead atoms. The molecule has 0 aromatic heterocycles. The summed E-state index contributed by atoms with van der Waals surface area (Å²) in [7, 11) is 0. The van der Waals surface area contributed by atoms with Gasteiger partial charge in [-0.05, 0) is 13.8 Å². The molecule has 3 heteroatoms. The van der Waals surface area contributed by atoms with Gasteiger partial charge >= 0.3 is 0 Å². The Bertz CT molecular complexity index is 83.1. The summed E-state index contributed by atoms with van der Waals surface area (Å²) in [5, 5.41) is 2.94. The molecule has 0 aliphatic rings. The second kappa shape index (κ2) is 4.47. The number of rotatable bonds is 4. The Morgan fingerprint density at radius 3 is 2.56 bits per heavy atom. The van der Waals surface area contributed by atoms with Gasteiger partial charge in [-0.25, -0.2) is 0 Å². The van der Waals surface area contributed by atoms with Crippen molar-refractivity contribution in [3.8, 4) is 0 Å². The SMILES string of the molecule is C[C@H](N)CN[C@@H](C)C=O. The first-order valence-electron chi connectivity index (χ1n) is 3.11. The van der Waals surface area contributed by atoms with Crippen LogP contribution in [0.4, 0.5) is 0 Å². The Balaban J connectivity index is 3.16. The van der Waals surface area contributed by atoms with E-state index in [0.717, 1.165) is 6.29 Å². The van der Waals surface area contributed by atoms with Crippen LogP contribution in [0, 0.1) is 0 Å². The fourth-order valence-electron chi connectivity index (χ4n) is 0.420. The Morgan fingerprint density at radius 1 is 1.67 bits per heavy atom. The first-order valence-corrected chi connectivity index (χ1v) is 3.11. The summed E-state index contributed by atoms with van der Waals surface area (Å²) >= 11 is 0. The molecule has 0 amide bonds. The topological polar surface area (TPSA) is 55.1 Å². The highest BCUT2D eigenvalue weighted by atomic mass is 16.1. The highest BCUT2D eigenvalue weighted by molar-refractivity contribution is 5.56. The minimum Gasteiger partial charge on any atom is -0.327 e. The number of carbonyl (C=O) groups excluding carboxylic acids is 1. The van der Waals surface area contributed by atoms with Crippen molar-refractivity contribution in [2.75, 3.05) is 6.54 Å². The summed E-state index contributed by atoms with van der Waals surface area (Å²) in [6.07, 6.45) is 0.863. The maximum absolute atomic E-state index is 10.0. The summed E-state index contributed by atoms with van der Waals surface area (Å²) in [5.41, 5.74) is 5.42. The van der Waals surface area contributed by atoms with Gasteiger partial charge in [-0.2, -0.15) is 0 Å². The van der Waals surface area contributed by atoms with Gasteiger partial charge in [0.15, 0.2) is 0 Å². The highest BCUT2D eigenvalue weighted by Crippen LogP contribution is 1.74. The Hall–Kier alpha value is -0.410. The molecule has 0 saturated carbocycles. The van der Waals surface area contributed by atoms with Crippen molar-refractivity contribution in [2.24, 2.45) is 5.73 Å². The van der Waals surface area contributed by atoms with Crippen molar-refractivity contribution in [2.45, 2.75) is 25.9 Å². The highest BCUT2D eigenvalue weighted by Gasteiger charge is 1.97. The Morgan fingerprint density at radius 2 is 2.22 bits per heavy atom. The van der Waals surface area contributed by atoms with E-state index in [1.54, 1.807) is 6.92 Å². The molecule has 0 aliphatic heterocycles. The van der Waals surface area contributed by atoms with E-state index in [-0.39, 0.29) is 12.1 Å². The van der Waals surface area contributed by atoms with Crippen molar-refractivity contribution in [3.05, 3.63) is 0 Å². The molecule has 9 heavy (non-hydrogen) atoms. The monoisotopic (exact) mass is 130 g/mol. The van der Waals surface area contributed by atoms with Gasteiger partial charge in [0.2, 0.25) is 0 Å². The molecule has 0 fully saturated rings. The van der Waals surface area contributed by atoms with E-state index >= 15 is 0 Å². The van der Waals surface area contributed by atoms with Gasteiger partial charge < -0.3 is 15.8 Å². The van der Waals surface area contributed by atoms with Crippen LogP contribution in [-0.4, -0.2) is 24.9 Å². The lowest BCUT2D eigenvalue weighted by atomic mass is 10.3. The van der Waals surface area contributed by atoms with Crippen molar-refractivity contribution >= 4 is 6.29 Å². The molecular weight excluding hydrogens is 116 g/mol. The third-order valence-electron chi connectivity index (χ3n) is 0.966. The van der Waals surface area contributed by atoms with E-state index in [1.807, 2.05) is 6.92 Å². The molecule has 2 atom stereocenters. The number of hydrogen-bond donors (Lipinski definition) is 2. The summed E-state index contributed by atoms with van der Waals surface area (Å²) in [5.74, 6) is 0. The standard InChI is InChI=1S/C6H14N2O/c1-5(7)3-8-6(2)4-9/h4-6,8H,3,7H2,1-2H3/t5-,6-/m0/s1. The molecule has 0 rings (SSSR count). The summed E-state index contributed by atoms with van der Waals surface area (Å²) < 4.78 is 0. The average molecular weight is 130 g/mol. The minimum atomic E-state index is -0.0731. The maximum atomic E-state index is 10.0. The smallest absolute Gasteiger partial charge is 0.136 e. The van der Waals surface area contributed by atoms with Crippen LogP contribution in [-0.2, 0) is 4.79 Å². The third-order valence-corrected chi connectivity index (χ3v) is 0.966. The lowest BCUT2D eigenvalue weighted by Gasteiger charge is -2.08. The first-order chi connectivity index (χ1) is 4.16. The third kappa shape index (κ3) is 5.46. The number of nitrogens with two attached hydrogens (primary N) is 1. The van der Waals surface area contributed by atoms with Gasteiger partial charge in [-0.15, -0.1) is 0 Å². The van der Waals surface area contributed by atoms with Crippen molar-refractivity contribution in [1.29, 1.82) is 0 Å². The van der Waals surface area contributed by atoms with Crippen LogP contribution < -0.4 is 11.1 Å². The van der Waals surface area contributed by atoms with Crippen molar-refractivity contribution in [3.63, 3.8) is 0 Å². The molecule has 0 unspecified atom stereocenters. The fraction of sp³-hybridized carbons (Fsp3) is 0.833. The van der Waals surface area contributed by atoms with Gasteiger partial charge in [-0.1, -0.05) is 0 Å². The van der Waals surface area contributed by atoms with E-state index < -0.39 is 0 Å². The van der Waals surface area contributed by atoms with Gasteiger partial charge in [0.05, 0.1) is 6.04 Å². The van der Waals surface area contributed by atoms with Crippen molar-refractivity contribution in [1.82, 2.24) is 5.32 Å².